The van der Waals surface area contributed by atoms with Gasteiger partial charge in [-0.05, 0) is 37.3 Å². The Kier molecular flexibility index (Phi) is 5.22. The normalized spacial score (nSPS) is 24.7. The molecular weight excluding hydrogens is 242 g/mol. The molecule has 1 aromatic rings. The Labute approximate surface area is 115 Å². The summed E-state index contributed by atoms with van der Waals surface area (Å²) in [6.07, 6.45) is 3.89. The lowest BCUT2D eigenvalue weighted by atomic mass is 9.95. The highest BCUT2D eigenvalue weighted by molar-refractivity contribution is 7.11. The molecule has 2 heterocycles. The van der Waals surface area contributed by atoms with Gasteiger partial charge in [-0.15, -0.1) is 11.3 Å². The van der Waals surface area contributed by atoms with Gasteiger partial charge in [-0.3, -0.25) is 0 Å². The maximum absolute atomic E-state index is 5.81. The molecule has 0 aromatic carbocycles. The van der Waals surface area contributed by atoms with Crippen LogP contribution < -0.4 is 5.32 Å². The first-order valence-electron chi connectivity index (χ1n) is 7.11. The minimum atomic E-state index is 0.436. The third kappa shape index (κ3) is 3.81. The van der Waals surface area contributed by atoms with Gasteiger partial charge in [0.25, 0.3) is 0 Å². The van der Waals surface area contributed by atoms with E-state index in [0.29, 0.717) is 18.1 Å². The number of rotatable bonds is 5. The molecule has 0 amide bonds. The molecule has 0 spiro atoms. The predicted octanol–water partition coefficient (Wildman–Crippen LogP) is 3.60. The van der Waals surface area contributed by atoms with Crippen LogP contribution >= 0.6 is 11.3 Å². The summed E-state index contributed by atoms with van der Waals surface area (Å²) in [5.74, 6) is 0.628. The molecule has 1 N–H and O–H groups in total. The zero-order chi connectivity index (χ0) is 13.0. The summed E-state index contributed by atoms with van der Waals surface area (Å²) in [7, 11) is 0. The molecule has 0 saturated carbocycles. The first-order valence-corrected chi connectivity index (χ1v) is 7.93. The fourth-order valence-corrected chi connectivity index (χ4v) is 3.34. The van der Waals surface area contributed by atoms with Crippen molar-refractivity contribution in [2.75, 3.05) is 6.61 Å². The summed E-state index contributed by atoms with van der Waals surface area (Å²) in [4.78, 5) is 2.94. The van der Waals surface area contributed by atoms with Crippen LogP contribution in [0, 0.1) is 5.92 Å². The van der Waals surface area contributed by atoms with Crippen molar-refractivity contribution in [3.63, 3.8) is 0 Å². The average molecular weight is 267 g/mol. The van der Waals surface area contributed by atoms with Crippen LogP contribution in [0.1, 0.15) is 43.4 Å². The predicted molar refractivity (Wildman–Crippen MR) is 78.1 cm³/mol. The van der Waals surface area contributed by atoms with E-state index in [1.54, 1.807) is 0 Å². The van der Waals surface area contributed by atoms with Gasteiger partial charge in [-0.25, -0.2) is 0 Å². The van der Waals surface area contributed by atoms with Gasteiger partial charge < -0.3 is 10.1 Å². The van der Waals surface area contributed by atoms with Crippen molar-refractivity contribution in [2.24, 2.45) is 5.92 Å². The molecule has 1 aliphatic heterocycles. The van der Waals surface area contributed by atoms with E-state index in [4.69, 9.17) is 4.74 Å². The summed E-state index contributed by atoms with van der Waals surface area (Å²) in [5.41, 5.74) is 0. The third-order valence-corrected chi connectivity index (χ3v) is 4.92. The van der Waals surface area contributed by atoms with Gasteiger partial charge in [0, 0.05) is 28.9 Å². The monoisotopic (exact) mass is 267 g/mol. The van der Waals surface area contributed by atoms with E-state index in [1.807, 2.05) is 11.3 Å². The Bertz CT molecular complexity index is 361. The van der Waals surface area contributed by atoms with Crippen LogP contribution in [0.15, 0.2) is 12.1 Å². The van der Waals surface area contributed by atoms with Gasteiger partial charge in [0.2, 0.25) is 0 Å². The molecule has 3 heteroatoms. The van der Waals surface area contributed by atoms with Crippen molar-refractivity contribution in [1.29, 1.82) is 0 Å². The molecule has 1 fully saturated rings. The molecule has 0 bridgehead atoms. The van der Waals surface area contributed by atoms with Gasteiger partial charge in [0.05, 0.1) is 6.10 Å². The zero-order valence-electron chi connectivity index (χ0n) is 11.7. The van der Waals surface area contributed by atoms with Gasteiger partial charge in [-0.2, -0.15) is 0 Å². The van der Waals surface area contributed by atoms with Crippen molar-refractivity contribution < 1.29 is 4.74 Å². The number of thiophene rings is 1. The highest BCUT2D eigenvalue weighted by Gasteiger charge is 2.24. The summed E-state index contributed by atoms with van der Waals surface area (Å²) in [6.45, 7) is 8.64. The highest BCUT2D eigenvalue weighted by atomic mass is 32.1. The SMILES string of the molecule is CCc1ccc(CNC2CCOC(C(C)C)C2)s1. The summed E-state index contributed by atoms with van der Waals surface area (Å²) in [6, 6.07) is 5.14. The molecular formula is C15H25NOS. The van der Waals surface area contributed by atoms with Gasteiger partial charge in [0.1, 0.15) is 0 Å². The second-order valence-electron chi connectivity index (χ2n) is 5.48. The summed E-state index contributed by atoms with van der Waals surface area (Å²) in [5, 5.41) is 3.69. The molecule has 1 aromatic heterocycles. The van der Waals surface area contributed by atoms with E-state index in [-0.39, 0.29) is 0 Å². The summed E-state index contributed by atoms with van der Waals surface area (Å²) >= 11 is 1.93. The fraction of sp³-hybridized carbons (Fsp3) is 0.733. The first kappa shape index (κ1) is 14.0. The van der Waals surface area contributed by atoms with E-state index in [1.165, 1.54) is 9.75 Å². The van der Waals surface area contributed by atoms with Crippen molar-refractivity contribution >= 4 is 11.3 Å². The quantitative estimate of drug-likeness (QED) is 0.880. The maximum Gasteiger partial charge on any atom is 0.0612 e. The Morgan fingerprint density at radius 2 is 2.17 bits per heavy atom. The molecule has 0 radical (unpaired) electrons. The van der Waals surface area contributed by atoms with E-state index in [0.717, 1.165) is 32.4 Å². The van der Waals surface area contributed by atoms with Crippen molar-refractivity contribution in [1.82, 2.24) is 5.32 Å². The van der Waals surface area contributed by atoms with Crippen molar-refractivity contribution in [3.05, 3.63) is 21.9 Å². The van der Waals surface area contributed by atoms with E-state index >= 15 is 0 Å². The largest absolute Gasteiger partial charge is 0.378 e. The molecule has 18 heavy (non-hydrogen) atoms. The zero-order valence-corrected chi connectivity index (χ0v) is 12.6. The van der Waals surface area contributed by atoms with Gasteiger partial charge >= 0.3 is 0 Å². The first-order chi connectivity index (χ1) is 8.69. The number of ether oxygens (including phenoxy) is 1. The number of nitrogens with one attached hydrogen (secondary N) is 1. The number of hydrogen-bond acceptors (Lipinski definition) is 3. The van der Waals surface area contributed by atoms with Crippen molar-refractivity contribution in [3.8, 4) is 0 Å². The second kappa shape index (κ2) is 6.69. The molecule has 2 atom stereocenters. The van der Waals surface area contributed by atoms with Crippen LogP contribution in [-0.2, 0) is 17.7 Å². The van der Waals surface area contributed by atoms with Gasteiger partial charge in [0.15, 0.2) is 0 Å². The average Bonchev–Trinajstić information content (AvgIpc) is 2.84. The minimum Gasteiger partial charge on any atom is -0.378 e. The Morgan fingerprint density at radius 3 is 2.83 bits per heavy atom. The molecule has 2 nitrogen and oxygen atoms in total. The van der Waals surface area contributed by atoms with E-state index in [9.17, 15) is 0 Å². The molecule has 1 aliphatic rings. The van der Waals surface area contributed by atoms with Crippen LogP contribution in [0.25, 0.3) is 0 Å². The fourth-order valence-electron chi connectivity index (χ4n) is 2.43. The van der Waals surface area contributed by atoms with Crippen LogP contribution in [0.3, 0.4) is 0 Å². The smallest absolute Gasteiger partial charge is 0.0612 e. The van der Waals surface area contributed by atoms with E-state index < -0.39 is 0 Å². The van der Waals surface area contributed by atoms with Crippen molar-refractivity contribution in [2.45, 2.75) is 58.7 Å². The molecule has 1 saturated heterocycles. The molecule has 2 rings (SSSR count). The number of aryl methyl sites for hydroxylation is 1. The lowest BCUT2D eigenvalue weighted by molar-refractivity contribution is -0.0245. The Hall–Kier alpha value is -0.380. The Balaban J connectivity index is 1.79. The highest BCUT2D eigenvalue weighted by Crippen LogP contribution is 2.21. The van der Waals surface area contributed by atoms with Crippen LogP contribution in [-0.4, -0.2) is 18.8 Å². The van der Waals surface area contributed by atoms with Crippen LogP contribution in [0.2, 0.25) is 0 Å². The maximum atomic E-state index is 5.81. The van der Waals surface area contributed by atoms with E-state index in [2.05, 4.69) is 38.2 Å². The molecule has 0 aliphatic carbocycles. The van der Waals surface area contributed by atoms with Crippen LogP contribution in [0.4, 0.5) is 0 Å². The Morgan fingerprint density at radius 1 is 1.39 bits per heavy atom. The van der Waals surface area contributed by atoms with Gasteiger partial charge in [-0.1, -0.05) is 20.8 Å². The number of hydrogen-bond donors (Lipinski definition) is 1. The van der Waals surface area contributed by atoms with Crippen LogP contribution in [0.5, 0.6) is 0 Å². The lowest BCUT2D eigenvalue weighted by Gasteiger charge is -2.32. The minimum absolute atomic E-state index is 0.436. The molecule has 102 valence electrons. The summed E-state index contributed by atoms with van der Waals surface area (Å²) < 4.78 is 5.81. The topological polar surface area (TPSA) is 21.3 Å². The second-order valence-corrected chi connectivity index (χ2v) is 6.73. The standard InChI is InChI=1S/C15H25NOS/c1-4-13-5-6-14(18-13)10-16-12-7-8-17-15(9-12)11(2)3/h5-6,11-12,15-16H,4,7-10H2,1-3H3. The lowest BCUT2D eigenvalue weighted by Crippen LogP contribution is -2.40. The third-order valence-electron chi connectivity index (χ3n) is 3.69. The molecule has 2 unspecified atom stereocenters.